The second kappa shape index (κ2) is 5.81. The normalized spacial score (nSPS) is 20.2. The maximum absolute atomic E-state index is 13.0. The predicted molar refractivity (Wildman–Crippen MR) is 77.1 cm³/mol. The van der Waals surface area contributed by atoms with Crippen molar-refractivity contribution in [2.45, 2.75) is 18.7 Å². The Labute approximate surface area is 134 Å². The van der Waals surface area contributed by atoms with Crippen molar-refractivity contribution in [3.8, 4) is 16.9 Å². The zero-order valence-electron chi connectivity index (χ0n) is 12.2. The molecule has 7 heteroatoms. The van der Waals surface area contributed by atoms with Crippen LogP contribution in [0.3, 0.4) is 0 Å². The molecule has 0 bridgehead atoms. The van der Waals surface area contributed by atoms with E-state index >= 15 is 0 Å². The van der Waals surface area contributed by atoms with Crippen molar-refractivity contribution in [2.75, 3.05) is 0 Å². The lowest BCUT2D eigenvalue weighted by Gasteiger charge is -2.32. The lowest BCUT2D eigenvalue weighted by Crippen LogP contribution is -2.47. The van der Waals surface area contributed by atoms with E-state index in [2.05, 4.69) is 0 Å². The molecule has 0 aromatic heterocycles. The fourth-order valence-electron chi connectivity index (χ4n) is 2.75. The summed E-state index contributed by atoms with van der Waals surface area (Å²) in [6.07, 6.45) is -7.43. The van der Waals surface area contributed by atoms with Gasteiger partial charge in [-0.2, -0.15) is 13.2 Å². The number of carbonyl (C=O) groups is 1. The van der Waals surface area contributed by atoms with Crippen LogP contribution in [0, 0.1) is 11.7 Å². The van der Waals surface area contributed by atoms with Crippen LogP contribution in [0.5, 0.6) is 5.75 Å². The average molecular weight is 340 g/mol. The molecule has 0 saturated heterocycles. The van der Waals surface area contributed by atoms with E-state index in [1.54, 1.807) is 12.1 Å². The van der Waals surface area contributed by atoms with Crippen LogP contribution in [0.25, 0.3) is 11.1 Å². The fourth-order valence-corrected chi connectivity index (χ4v) is 2.75. The summed E-state index contributed by atoms with van der Waals surface area (Å²) in [7, 11) is 0. The van der Waals surface area contributed by atoms with Gasteiger partial charge in [0, 0.05) is 0 Å². The molecule has 0 saturated carbocycles. The fraction of sp³-hybridized carbons (Fsp3) is 0.235. The molecule has 126 valence electrons. The molecule has 0 amide bonds. The van der Waals surface area contributed by atoms with Gasteiger partial charge < -0.3 is 9.84 Å². The molecule has 0 radical (unpaired) electrons. The third-order valence-electron chi connectivity index (χ3n) is 3.94. The van der Waals surface area contributed by atoms with Crippen LogP contribution >= 0.6 is 0 Å². The molecule has 0 spiro atoms. The summed E-state index contributed by atoms with van der Waals surface area (Å²) in [5.74, 6) is -3.66. The molecular weight excluding hydrogens is 328 g/mol. The minimum Gasteiger partial charge on any atom is -0.481 e. The van der Waals surface area contributed by atoms with Gasteiger partial charge in [0.05, 0.1) is 0 Å². The van der Waals surface area contributed by atoms with E-state index in [0.29, 0.717) is 16.7 Å². The van der Waals surface area contributed by atoms with Gasteiger partial charge in [-0.05, 0) is 47.4 Å². The maximum atomic E-state index is 13.0. The van der Waals surface area contributed by atoms with E-state index in [0.717, 1.165) is 0 Å². The third-order valence-corrected chi connectivity index (χ3v) is 3.94. The highest BCUT2D eigenvalue weighted by molar-refractivity contribution is 5.73. The van der Waals surface area contributed by atoms with Crippen LogP contribution in [0.1, 0.15) is 5.56 Å². The molecule has 3 rings (SSSR count). The lowest BCUT2D eigenvalue weighted by molar-refractivity contribution is -0.217. The number of halogens is 4. The van der Waals surface area contributed by atoms with Gasteiger partial charge in [-0.25, -0.2) is 4.39 Å². The number of hydrogen-bond donors (Lipinski definition) is 1. The number of aliphatic carboxylic acids is 1. The second-order valence-corrected chi connectivity index (χ2v) is 5.56. The average Bonchev–Trinajstić information content (AvgIpc) is 2.53. The molecule has 1 aliphatic heterocycles. The molecule has 2 unspecified atom stereocenters. The molecule has 2 aromatic rings. The van der Waals surface area contributed by atoms with Gasteiger partial charge in [0.15, 0.2) is 0 Å². The minimum absolute atomic E-state index is 0.0145. The molecule has 2 atom stereocenters. The first-order valence-corrected chi connectivity index (χ1v) is 7.11. The highest BCUT2D eigenvalue weighted by Crippen LogP contribution is 2.39. The van der Waals surface area contributed by atoms with Crippen molar-refractivity contribution >= 4 is 5.97 Å². The Balaban J connectivity index is 1.98. The van der Waals surface area contributed by atoms with Crippen molar-refractivity contribution in [1.82, 2.24) is 0 Å². The smallest absolute Gasteiger partial charge is 0.426 e. The molecule has 24 heavy (non-hydrogen) atoms. The topological polar surface area (TPSA) is 46.5 Å². The quantitative estimate of drug-likeness (QED) is 0.839. The third kappa shape index (κ3) is 3.06. The van der Waals surface area contributed by atoms with Crippen molar-refractivity contribution in [1.29, 1.82) is 0 Å². The highest BCUT2D eigenvalue weighted by Gasteiger charge is 2.52. The summed E-state index contributed by atoms with van der Waals surface area (Å²) in [4.78, 5) is 11.2. The Hall–Kier alpha value is -2.57. The molecule has 1 N–H and O–H groups in total. The van der Waals surface area contributed by atoms with Gasteiger partial charge in [-0.1, -0.05) is 18.2 Å². The van der Waals surface area contributed by atoms with Gasteiger partial charge in [-0.15, -0.1) is 0 Å². The largest absolute Gasteiger partial charge is 0.481 e. The van der Waals surface area contributed by atoms with Crippen LogP contribution in [0.15, 0.2) is 42.5 Å². The van der Waals surface area contributed by atoms with E-state index in [1.807, 2.05) is 0 Å². The summed E-state index contributed by atoms with van der Waals surface area (Å²) in [5.41, 5.74) is 1.70. The standard InChI is InChI=1S/C17H12F4O3/c18-12-4-1-9(2-5-12)10-3-6-14-11(7-10)8-13(16(22)23)15(24-14)17(19,20)21/h1-7,13,15H,8H2,(H,22,23). The number of ether oxygens (including phenoxy) is 1. The summed E-state index contributed by atoms with van der Waals surface area (Å²) in [5, 5.41) is 9.09. The lowest BCUT2D eigenvalue weighted by atomic mass is 9.88. The number of fused-ring (bicyclic) bond motifs is 1. The molecule has 0 aliphatic carbocycles. The van der Waals surface area contributed by atoms with Crippen molar-refractivity contribution in [2.24, 2.45) is 5.92 Å². The number of hydrogen-bond acceptors (Lipinski definition) is 2. The number of carboxylic acid groups (broad SMARTS) is 1. The summed E-state index contributed by atoms with van der Waals surface area (Å²) in [6, 6.07) is 10.1. The molecule has 0 fully saturated rings. The van der Waals surface area contributed by atoms with E-state index in [1.165, 1.54) is 30.3 Å². The van der Waals surface area contributed by atoms with E-state index in [9.17, 15) is 22.4 Å². The van der Waals surface area contributed by atoms with Crippen LogP contribution < -0.4 is 4.74 Å². The van der Waals surface area contributed by atoms with Crippen LogP contribution in [-0.4, -0.2) is 23.4 Å². The Bertz CT molecular complexity index is 768. The van der Waals surface area contributed by atoms with Crippen LogP contribution in [0.4, 0.5) is 17.6 Å². The molecule has 3 nitrogen and oxygen atoms in total. The second-order valence-electron chi connectivity index (χ2n) is 5.56. The first-order chi connectivity index (χ1) is 11.3. The Kier molecular flexibility index (Phi) is 3.95. The zero-order chi connectivity index (χ0) is 17.5. The Morgan fingerprint density at radius 1 is 1.08 bits per heavy atom. The molecule has 1 aliphatic rings. The summed E-state index contributed by atoms with van der Waals surface area (Å²) >= 11 is 0. The van der Waals surface area contributed by atoms with Gasteiger partial charge in [0.2, 0.25) is 6.10 Å². The van der Waals surface area contributed by atoms with Crippen LogP contribution in [-0.2, 0) is 11.2 Å². The summed E-state index contributed by atoms with van der Waals surface area (Å²) in [6.45, 7) is 0. The predicted octanol–water partition coefficient (Wildman–Crippen LogP) is 4.06. The monoisotopic (exact) mass is 340 g/mol. The Morgan fingerprint density at radius 3 is 2.29 bits per heavy atom. The first-order valence-electron chi connectivity index (χ1n) is 7.11. The van der Waals surface area contributed by atoms with Crippen molar-refractivity contribution in [3.63, 3.8) is 0 Å². The van der Waals surface area contributed by atoms with Gasteiger partial charge in [-0.3, -0.25) is 4.79 Å². The van der Waals surface area contributed by atoms with Crippen molar-refractivity contribution in [3.05, 3.63) is 53.8 Å². The van der Waals surface area contributed by atoms with E-state index in [4.69, 9.17) is 9.84 Å². The Morgan fingerprint density at radius 2 is 1.71 bits per heavy atom. The molecular formula is C17H12F4O3. The number of rotatable bonds is 2. The van der Waals surface area contributed by atoms with Gasteiger partial charge >= 0.3 is 12.1 Å². The number of benzene rings is 2. The number of alkyl halides is 3. The SMILES string of the molecule is O=C(O)C1Cc2cc(-c3ccc(F)cc3)ccc2OC1C(F)(F)F. The zero-order valence-corrected chi connectivity index (χ0v) is 12.2. The van der Waals surface area contributed by atoms with Gasteiger partial charge in [0.25, 0.3) is 0 Å². The molecule has 2 aromatic carbocycles. The van der Waals surface area contributed by atoms with Crippen LogP contribution in [0.2, 0.25) is 0 Å². The molecule has 1 heterocycles. The van der Waals surface area contributed by atoms with Crippen molar-refractivity contribution < 1.29 is 32.2 Å². The minimum atomic E-state index is -4.77. The highest BCUT2D eigenvalue weighted by atomic mass is 19.4. The van der Waals surface area contributed by atoms with E-state index < -0.39 is 30.0 Å². The van der Waals surface area contributed by atoms with E-state index in [-0.39, 0.29) is 12.2 Å². The summed E-state index contributed by atoms with van der Waals surface area (Å²) < 4.78 is 56.9. The first kappa shape index (κ1) is 16.3. The maximum Gasteiger partial charge on any atom is 0.426 e. The van der Waals surface area contributed by atoms with Gasteiger partial charge in [0.1, 0.15) is 17.5 Å². The number of carboxylic acids is 1.